The van der Waals surface area contributed by atoms with Crippen molar-refractivity contribution >= 4 is 22.6 Å². The summed E-state index contributed by atoms with van der Waals surface area (Å²) in [6.45, 7) is 0. The molecule has 1 aromatic heterocycles. The molecule has 0 spiro atoms. The van der Waals surface area contributed by atoms with Crippen molar-refractivity contribution in [2.75, 3.05) is 5.32 Å². The first-order valence-electron chi connectivity index (χ1n) is 6.56. The van der Waals surface area contributed by atoms with Gasteiger partial charge in [0, 0.05) is 18.1 Å². The number of rotatable bonds is 3. The first kappa shape index (κ1) is 13.2. The lowest BCUT2D eigenvalue weighted by Gasteiger charge is -2.12. The van der Waals surface area contributed by atoms with Crippen LogP contribution in [0.1, 0.15) is 11.6 Å². The number of carbonyl (C=O) groups is 1. The molecule has 0 saturated carbocycles. The Bertz CT molecular complexity index is 773. The van der Waals surface area contributed by atoms with Gasteiger partial charge < -0.3 is 11.1 Å². The van der Waals surface area contributed by atoms with Gasteiger partial charge in [0.1, 0.15) is 6.04 Å². The second-order valence-electron chi connectivity index (χ2n) is 4.64. The van der Waals surface area contributed by atoms with Gasteiger partial charge >= 0.3 is 0 Å². The zero-order valence-electron chi connectivity index (χ0n) is 11.2. The van der Waals surface area contributed by atoms with Gasteiger partial charge in [-0.15, -0.1) is 0 Å². The predicted molar refractivity (Wildman–Crippen MR) is 81.5 cm³/mol. The number of hydrogen-bond acceptors (Lipinski definition) is 4. The molecule has 0 bridgehead atoms. The third-order valence-electron chi connectivity index (χ3n) is 3.18. The van der Waals surface area contributed by atoms with Gasteiger partial charge in [0.2, 0.25) is 5.91 Å². The minimum Gasteiger partial charge on any atom is -0.324 e. The highest BCUT2D eigenvalue weighted by Gasteiger charge is 2.15. The van der Waals surface area contributed by atoms with Crippen LogP contribution >= 0.6 is 0 Å². The van der Waals surface area contributed by atoms with Crippen molar-refractivity contribution in [3.8, 4) is 0 Å². The highest BCUT2D eigenvalue weighted by atomic mass is 16.2. The lowest BCUT2D eigenvalue weighted by molar-refractivity contribution is -0.117. The van der Waals surface area contributed by atoms with Crippen molar-refractivity contribution in [2.24, 2.45) is 5.73 Å². The van der Waals surface area contributed by atoms with Crippen LogP contribution in [0.15, 0.2) is 60.9 Å². The maximum atomic E-state index is 12.2. The molecule has 104 valence electrons. The van der Waals surface area contributed by atoms with Gasteiger partial charge in [-0.05, 0) is 23.8 Å². The molecule has 0 aliphatic heterocycles. The Balaban J connectivity index is 1.80. The van der Waals surface area contributed by atoms with E-state index in [-0.39, 0.29) is 5.91 Å². The molecule has 3 rings (SSSR count). The maximum absolute atomic E-state index is 12.2. The Morgan fingerprint density at radius 1 is 1.00 bits per heavy atom. The topological polar surface area (TPSA) is 80.9 Å². The van der Waals surface area contributed by atoms with Crippen LogP contribution in [-0.4, -0.2) is 15.9 Å². The van der Waals surface area contributed by atoms with Crippen LogP contribution in [0.25, 0.3) is 11.0 Å². The Labute approximate surface area is 121 Å². The fraction of sp³-hybridized carbons (Fsp3) is 0.0625. The zero-order chi connectivity index (χ0) is 14.7. The lowest BCUT2D eigenvalue weighted by Crippen LogP contribution is -2.27. The quantitative estimate of drug-likeness (QED) is 0.770. The minimum absolute atomic E-state index is 0.260. The lowest BCUT2D eigenvalue weighted by atomic mass is 10.1. The second-order valence-corrected chi connectivity index (χ2v) is 4.64. The fourth-order valence-electron chi connectivity index (χ4n) is 2.07. The Hall–Kier alpha value is -2.79. The van der Waals surface area contributed by atoms with E-state index in [9.17, 15) is 4.79 Å². The molecule has 1 heterocycles. The number of nitrogens with zero attached hydrogens (tertiary/aromatic N) is 2. The van der Waals surface area contributed by atoms with Gasteiger partial charge in [0.15, 0.2) is 0 Å². The van der Waals surface area contributed by atoms with E-state index in [2.05, 4.69) is 15.3 Å². The summed E-state index contributed by atoms with van der Waals surface area (Å²) < 4.78 is 0. The number of anilines is 1. The average molecular weight is 278 g/mol. The first-order chi connectivity index (χ1) is 10.2. The van der Waals surface area contributed by atoms with Crippen LogP contribution < -0.4 is 11.1 Å². The molecule has 1 atom stereocenters. The summed E-state index contributed by atoms with van der Waals surface area (Å²) in [6.07, 6.45) is 3.25. The zero-order valence-corrected chi connectivity index (χ0v) is 11.2. The largest absolute Gasteiger partial charge is 0.324 e. The monoisotopic (exact) mass is 278 g/mol. The van der Waals surface area contributed by atoms with Gasteiger partial charge in [0.25, 0.3) is 0 Å². The molecule has 5 heteroatoms. The van der Waals surface area contributed by atoms with Gasteiger partial charge in [-0.2, -0.15) is 0 Å². The van der Waals surface area contributed by atoms with Gasteiger partial charge in [-0.3, -0.25) is 14.8 Å². The normalized spacial score (nSPS) is 12.0. The van der Waals surface area contributed by atoms with Crippen molar-refractivity contribution in [1.29, 1.82) is 0 Å². The number of nitrogens with one attached hydrogen (secondary N) is 1. The van der Waals surface area contributed by atoms with E-state index in [1.54, 1.807) is 24.5 Å². The third-order valence-corrected chi connectivity index (χ3v) is 3.18. The summed E-state index contributed by atoms with van der Waals surface area (Å²) in [7, 11) is 0. The maximum Gasteiger partial charge on any atom is 0.245 e. The molecule has 0 aliphatic rings. The number of nitrogens with two attached hydrogens (primary N) is 1. The number of fused-ring (bicyclic) bond motifs is 1. The SMILES string of the molecule is N[C@H](C(=O)Nc1ccc2nccnc2c1)c1ccccc1. The van der Waals surface area contributed by atoms with Crippen LogP contribution in [0.3, 0.4) is 0 Å². The van der Waals surface area contributed by atoms with Crippen molar-refractivity contribution in [1.82, 2.24) is 9.97 Å². The van der Waals surface area contributed by atoms with E-state index < -0.39 is 6.04 Å². The van der Waals surface area contributed by atoms with Crippen LogP contribution in [0, 0.1) is 0 Å². The summed E-state index contributed by atoms with van der Waals surface area (Å²) in [5, 5.41) is 2.80. The van der Waals surface area contributed by atoms with Crippen molar-refractivity contribution < 1.29 is 4.79 Å². The second kappa shape index (κ2) is 5.68. The Morgan fingerprint density at radius 3 is 2.48 bits per heavy atom. The van der Waals surface area contributed by atoms with Crippen molar-refractivity contribution in [3.05, 3.63) is 66.5 Å². The molecule has 5 nitrogen and oxygen atoms in total. The molecule has 0 aliphatic carbocycles. The molecule has 2 aromatic carbocycles. The summed E-state index contributed by atoms with van der Waals surface area (Å²) in [6, 6.07) is 13.9. The van der Waals surface area contributed by atoms with Crippen LogP contribution in [0.2, 0.25) is 0 Å². The van der Waals surface area contributed by atoms with E-state index in [0.29, 0.717) is 5.69 Å². The number of aromatic nitrogens is 2. The highest BCUT2D eigenvalue weighted by Crippen LogP contribution is 2.17. The molecule has 0 fully saturated rings. The summed E-state index contributed by atoms with van der Waals surface area (Å²) >= 11 is 0. The molecular formula is C16H14N4O. The summed E-state index contributed by atoms with van der Waals surface area (Å²) in [4.78, 5) is 20.6. The van der Waals surface area contributed by atoms with E-state index in [4.69, 9.17) is 5.73 Å². The summed E-state index contributed by atoms with van der Waals surface area (Å²) in [5.74, 6) is -0.260. The van der Waals surface area contributed by atoms with E-state index >= 15 is 0 Å². The smallest absolute Gasteiger partial charge is 0.245 e. The number of amides is 1. The Kier molecular flexibility index (Phi) is 3.57. The molecule has 3 N–H and O–H groups in total. The molecule has 21 heavy (non-hydrogen) atoms. The molecule has 3 aromatic rings. The number of benzene rings is 2. The number of carbonyl (C=O) groups excluding carboxylic acids is 1. The summed E-state index contributed by atoms with van der Waals surface area (Å²) in [5.41, 5.74) is 8.89. The fourth-order valence-corrected chi connectivity index (χ4v) is 2.07. The third kappa shape index (κ3) is 2.88. The number of hydrogen-bond donors (Lipinski definition) is 2. The molecular weight excluding hydrogens is 264 g/mol. The standard InChI is InChI=1S/C16H14N4O/c17-15(11-4-2-1-3-5-11)16(21)20-12-6-7-13-14(10-12)19-9-8-18-13/h1-10,15H,17H2,(H,20,21)/t15-/m0/s1. The van der Waals surface area contributed by atoms with Gasteiger partial charge in [0.05, 0.1) is 11.0 Å². The van der Waals surface area contributed by atoms with Crippen LogP contribution in [-0.2, 0) is 4.79 Å². The Morgan fingerprint density at radius 2 is 1.71 bits per heavy atom. The van der Waals surface area contributed by atoms with E-state index in [1.807, 2.05) is 36.4 Å². The van der Waals surface area contributed by atoms with Crippen molar-refractivity contribution in [2.45, 2.75) is 6.04 Å². The average Bonchev–Trinajstić information content (AvgIpc) is 2.55. The van der Waals surface area contributed by atoms with E-state index in [0.717, 1.165) is 16.6 Å². The van der Waals surface area contributed by atoms with Crippen molar-refractivity contribution in [3.63, 3.8) is 0 Å². The van der Waals surface area contributed by atoms with E-state index in [1.165, 1.54) is 0 Å². The molecule has 0 radical (unpaired) electrons. The predicted octanol–water partition coefficient (Wildman–Crippen LogP) is 2.27. The van der Waals surface area contributed by atoms with Crippen LogP contribution in [0.5, 0.6) is 0 Å². The van der Waals surface area contributed by atoms with Gasteiger partial charge in [-0.25, -0.2) is 0 Å². The minimum atomic E-state index is -0.705. The highest BCUT2D eigenvalue weighted by molar-refractivity contribution is 5.96. The molecule has 1 amide bonds. The molecule has 0 unspecified atom stereocenters. The van der Waals surface area contributed by atoms with Crippen LogP contribution in [0.4, 0.5) is 5.69 Å². The molecule has 0 saturated heterocycles. The van der Waals surface area contributed by atoms with Gasteiger partial charge in [-0.1, -0.05) is 30.3 Å². The first-order valence-corrected chi connectivity index (χ1v) is 6.56.